The number of rotatable bonds is 5. The summed E-state index contributed by atoms with van der Waals surface area (Å²) in [5.74, 6) is 4.48. The van der Waals surface area contributed by atoms with Gasteiger partial charge < -0.3 is 16.2 Å². The number of hydrogen-bond donors (Lipinski definition) is 3. The Morgan fingerprint density at radius 2 is 2.23 bits per heavy atom. The molecule has 0 fully saturated rings. The van der Waals surface area contributed by atoms with E-state index in [1.54, 1.807) is 0 Å². The van der Waals surface area contributed by atoms with Crippen LogP contribution in [0, 0.1) is 17.8 Å². The van der Waals surface area contributed by atoms with Crippen LogP contribution in [0.3, 0.4) is 0 Å². The largest absolute Gasteiger partial charge is 0.481 e. The number of hydrogen-bond acceptors (Lipinski definition) is 3. The summed E-state index contributed by atoms with van der Waals surface area (Å²) in [6.07, 6.45) is 3.08. The molecular formula is C17H20N2O3. The number of carbonyl (C=O) groups excluding carboxylic acids is 1. The van der Waals surface area contributed by atoms with E-state index in [1.165, 1.54) is 0 Å². The lowest BCUT2D eigenvalue weighted by Crippen LogP contribution is -2.31. The minimum Gasteiger partial charge on any atom is -0.481 e. The molecule has 1 heterocycles. The van der Waals surface area contributed by atoms with Gasteiger partial charge in [0.05, 0.1) is 12.3 Å². The van der Waals surface area contributed by atoms with Crippen molar-refractivity contribution in [2.24, 2.45) is 11.7 Å². The molecule has 0 saturated heterocycles. The third kappa shape index (κ3) is 4.34. The van der Waals surface area contributed by atoms with Crippen LogP contribution in [0.5, 0.6) is 0 Å². The highest BCUT2D eigenvalue weighted by atomic mass is 16.4. The van der Waals surface area contributed by atoms with Crippen LogP contribution in [-0.4, -0.2) is 23.5 Å². The minimum absolute atomic E-state index is 0.145. The Hall–Kier alpha value is -2.32. The number of carboxylic acid groups (broad SMARTS) is 1. The van der Waals surface area contributed by atoms with Gasteiger partial charge in [-0.25, -0.2) is 0 Å². The van der Waals surface area contributed by atoms with Crippen LogP contribution in [0.15, 0.2) is 18.2 Å². The fourth-order valence-electron chi connectivity index (χ4n) is 2.44. The molecule has 0 aromatic heterocycles. The van der Waals surface area contributed by atoms with Crippen molar-refractivity contribution in [2.45, 2.75) is 32.1 Å². The highest BCUT2D eigenvalue weighted by Gasteiger charge is 2.27. The number of fused-ring (bicyclic) bond motifs is 1. The van der Waals surface area contributed by atoms with Crippen molar-refractivity contribution in [1.29, 1.82) is 0 Å². The average Bonchev–Trinajstić information content (AvgIpc) is 2.47. The van der Waals surface area contributed by atoms with E-state index in [4.69, 9.17) is 10.8 Å². The molecule has 0 bridgehead atoms. The zero-order valence-corrected chi connectivity index (χ0v) is 12.4. The fraction of sp³-hybridized carbons (Fsp3) is 0.412. The van der Waals surface area contributed by atoms with Gasteiger partial charge in [0.2, 0.25) is 5.91 Å². The molecule has 4 N–H and O–H groups in total. The maximum atomic E-state index is 11.9. The first-order valence-electron chi connectivity index (χ1n) is 7.44. The minimum atomic E-state index is -0.955. The van der Waals surface area contributed by atoms with Gasteiger partial charge in [-0.05, 0) is 43.5 Å². The molecule has 5 nitrogen and oxygen atoms in total. The maximum Gasteiger partial charge on any atom is 0.304 e. The lowest BCUT2D eigenvalue weighted by Gasteiger charge is -2.23. The van der Waals surface area contributed by atoms with Crippen molar-refractivity contribution in [3.8, 4) is 11.8 Å². The van der Waals surface area contributed by atoms with Crippen molar-refractivity contribution < 1.29 is 14.7 Å². The quantitative estimate of drug-likeness (QED) is 0.570. The summed E-state index contributed by atoms with van der Waals surface area (Å²) in [5.41, 5.74) is 7.97. The first-order valence-corrected chi connectivity index (χ1v) is 7.44. The van der Waals surface area contributed by atoms with Gasteiger partial charge in [-0.2, -0.15) is 0 Å². The first-order chi connectivity index (χ1) is 10.6. The van der Waals surface area contributed by atoms with Crippen molar-refractivity contribution in [3.63, 3.8) is 0 Å². The highest BCUT2D eigenvalue weighted by Crippen LogP contribution is 2.28. The summed E-state index contributed by atoms with van der Waals surface area (Å²) in [6, 6.07) is 5.66. The second-order valence-corrected chi connectivity index (χ2v) is 5.41. The third-order valence-electron chi connectivity index (χ3n) is 3.61. The van der Waals surface area contributed by atoms with E-state index in [2.05, 4.69) is 17.2 Å². The van der Waals surface area contributed by atoms with E-state index in [0.717, 1.165) is 36.1 Å². The molecule has 1 aliphatic rings. The second kappa shape index (κ2) is 7.62. The number of unbranched alkanes of at least 4 members (excludes halogenated alkanes) is 2. The van der Waals surface area contributed by atoms with Gasteiger partial charge in [0.25, 0.3) is 0 Å². The first kappa shape index (κ1) is 16.1. The van der Waals surface area contributed by atoms with Crippen LogP contribution in [0.2, 0.25) is 0 Å². The summed E-state index contributed by atoms with van der Waals surface area (Å²) < 4.78 is 0. The van der Waals surface area contributed by atoms with Crippen molar-refractivity contribution >= 4 is 17.6 Å². The number of anilines is 1. The predicted octanol–water partition coefficient (Wildman–Crippen LogP) is 1.75. The van der Waals surface area contributed by atoms with Crippen molar-refractivity contribution in [2.75, 3.05) is 11.9 Å². The van der Waals surface area contributed by atoms with Crippen LogP contribution < -0.4 is 11.1 Å². The van der Waals surface area contributed by atoms with E-state index in [1.807, 2.05) is 18.2 Å². The number of benzene rings is 1. The lowest BCUT2D eigenvalue weighted by atomic mass is 9.90. The monoisotopic (exact) mass is 300 g/mol. The molecule has 22 heavy (non-hydrogen) atoms. The van der Waals surface area contributed by atoms with Gasteiger partial charge >= 0.3 is 5.97 Å². The predicted molar refractivity (Wildman–Crippen MR) is 84.3 cm³/mol. The second-order valence-electron chi connectivity index (χ2n) is 5.41. The molecule has 116 valence electrons. The van der Waals surface area contributed by atoms with Crippen LogP contribution in [0.1, 0.15) is 36.8 Å². The molecule has 1 amide bonds. The standard InChI is InChI=1S/C17H20N2O3/c18-8-4-2-1-3-5-12-6-7-13-10-14(11-16(20)21)17(22)19-15(13)9-12/h6-7,9,14H,1-2,4,8,10-11,18H2,(H,19,22)(H,20,21). The van der Waals surface area contributed by atoms with Crippen LogP contribution >= 0.6 is 0 Å². The SMILES string of the molecule is NCCCCC#Cc1ccc2c(c1)NC(=O)C(CC(=O)O)C2. The molecule has 1 aromatic carbocycles. The molecule has 1 atom stereocenters. The molecule has 5 heteroatoms. The molecule has 0 radical (unpaired) electrons. The van der Waals surface area contributed by atoms with Gasteiger partial charge in [-0.1, -0.05) is 17.9 Å². The van der Waals surface area contributed by atoms with Gasteiger partial charge in [0.1, 0.15) is 0 Å². The van der Waals surface area contributed by atoms with Crippen LogP contribution in [-0.2, 0) is 16.0 Å². The van der Waals surface area contributed by atoms with Crippen molar-refractivity contribution in [1.82, 2.24) is 0 Å². The third-order valence-corrected chi connectivity index (χ3v) is 3.61. The van der Waals surface area contributed by atoms with E-state index >= 15 is 0 Å². The Kier molecular flexibility index (Phi) is 5.56. The number of amides is 1. The summed E-state index contributed by atoms with van der Waals surface area (Å²) in [7, 11) is 0. The van der Waals surface area contributed by atoms with E-state index in [-0.39, 0.29) is 12.3 Å². The Labute approximate surface area is 129 Å². The van der Waals surface area contributed by atoms with Gasteiger partial charge in [-0.15, -0.1) is 0 Å². The molecule has 1 unspecified atom stereocenters. The number of nitrogens with two attached hydrogens (primary N) is 1. The fourth-order valence-corrected chi connectivity index (χ4v) is 2.44. The number of aliphatic carboxylic acids is 1. The van der Waals surface area contributed by atoms with Crippen LogP contribution in [0.25, 0.3) is 0 Å². The Balaban J connectivity index is 2.05. The van der Waals surface area contributed by atoms with Crippen molar-refractivity contribution in [3.05, 3.63) is 29.3 Å². The molecule has 2 rings (SSSR count). The molecule has 0 aliphatic carbocycles. The maximum absolute atomic E-state index is 11.9. The Morgan fingerprint density at radius 3 is 2.95 bits per heavy atom. The summed E-state index contributed by atoms with van der Waals surface area (Å²) >= 11 is 0. The van der Waals surface area contributed by atoms with E-state index in [0.29, 0.717) is 13.0 Å². The Bertz CT molecular complexity index is 629. The van der Waals surface area contributed by atoms with Gasteiger partial charge in [0.15, 0.2) is 0 Å². The molecule has 0 spiro atoms. The zero-order valence-electron chi connectivity index (χ0n) is 12.4. The summed E-state index contributed by atoms with van der Waals surface area (Å²) in [5, 5.41) is 11.6. The lowest BCUT2D eigenvalue weighted by molar-refractivity contribution is -0.140. The topological polar surface area (TPSA) is 92.4 Å². The highest BCUT2D eigenvalue weighted by molar-refractivity contribution is 5.97. The normalized spacial score (nSPS) is 16.2. The zero-order chi connectivity index (χ0) is 15.9. The molecular weight excluding hydrogens is 280 g/mol. The van der Waals surface area contributed by atoms with Gasteiger partial charge in [-0.3, -0.25) is 9.59 Å². The number of nitrogens with one attached hydrogen (secondary N) is 1. The van der Waals surface area contributed by atoms with Gasteiger partial charge in [0, 0.05) is 17.7 Å². The average molecular weight is 300 g/mol. The van der Waals surface area contributed by atoms with E-state index < -0.39 is 11.9 Å². The van der Waals surface area contributed by atoms with Crippen LogP contribution in [0.4, 0.5) is 5.69 Å². The number of carbonyl (C=O) groups is 2. The molecule has 1 aliphatic heterocycles. The smallest absolute Gasteiger partial charge is 0.304 e. The number of carboxylic acids is 1. The molecule has 0 saturated carbocycles. The summed E-state index contributed by atoms with van der Waals surface area (Å²) in [4.78, 5) is 22.7. The summed E-state index contributed by atoms with van der Waals surface area (Å²) in [6.45, 7) is 0.685. The van der Waals surface area contributed by atoms with E-state index in [9.17, 15) is 9.59 Å². The Morgan fingerprint density at radius 1 is 1.41 bits per heavy atom. The molecule has 1 aromatic rings.